The molecule has 0 heterocycles. The van der Waals surface area contributed by atoms with E-state index in [1.54, 1.807) is 60.6 Å². The van der Waals surface area contributed by atoms with Crippen molar-refractivity contribution in [2.75, 3.05) is 6.61 Å². The number of rotatable bonds is 7. The van der Waals surface area contributed by atoms with Gasteiger partial charge in [-0.3, -0.25) is 4.79 Å². The maximum Gasteiger partial charge on any atom is 0.307 e. The highest BCUT2D eigenvalue weighted by Gasteiger charge is 2.28. The van der Waals surface area contributed by atoms with Crippen LogP contribution in [0.4, 0.5) is 8.78 Å². The summed E-state index contributed by atoms with van der Waals surface area (Å²) in [4.78, 5) is 12.2. The second kappa shape index (κ2) is 10.0. The van der Waals surface area contributed by atoms with Gasteiger partial charge in [-0.25, -0.2) is 17.7 Å². The first-order chi connectivity index (χ1) is 14.3. The van der Waals surface area contributed by atoms with E-state index < -0.39 is 33.6 Å². The highest BCUT2D eigenvalue weighted by Crippen LogP contribution is 2.34. The zero-order valence-electron chi connectivity index (χ0n) is 19.2. The van der Waals surface area contributed by atoms with Crippen molar-refractivity contribution in [1.82, 2.24) is 4.72 Å². The van der Waals surface area contributed by atoms with E-state index in [0.717, 1.165) is 16.7 Å². The third-order valence-corrected chi connectivity index (χ3v) is 6.54. The highest BCUT2D eigenvalue weighted by molar-refractivity contribution is 7.84. The molecule has 2 aromatic carbocycles. The number of halogens is 2. The number of aryl methyl sites for hydroxylation is 3. The molecule has 2 rings (SSSR count). The number of hydrogen-bond donors (Lipinski definition) is 1. The molecule has 1 unspecified atom stereocenters. The summed E-state index contributed by atoms with van der Waals surface area (Å²) in [5.41, 5.74) is 3.57. The van der Waals surface area contributed by atoms with E-state index in [2.05, 4.69) is 4.72 Å². The molecule has 0 aliphatic carbocycles. The van der Waals surface area contributed by atoms with Crippen molar-refractivity contribution in [2.24, 2.45) is 0 Å². The van der Waals surface area contributed by atoms with Crippen LogP contribution in [0.5, 0.6) is 0 Å². The Morgan fingerprint density at radius 1 is 1.06 bits per heavy atom. The SMILES string of the molecule is CCOC(=O)C[C@H](NS(=O)C(C)(C)C)c1cc(-c2c(C)cc(F)cc2C)cc(C)c1F. The molecule has 0 saturated heterocycles. The number of nitrogens with one attached hydrogen (secondary N) is 1. The fourth-order valence-corrected chi connectivity index (χ4v) is 4.29. The van der Waals surface area contributed by atoms with Crippen molar-refractivity contribution in [3.05, 3.63) is 58.2 Å². The molecule has 0 bridgehead atoms. The van der Waals surface area contributed by atoms with Crippen LogP contribution in [0.25, 0.3) is 11.1 Å². The van der Waals surface area contributed by atoms with Gasteiger partial charge in [0.25, 0.3) is 0 Å². The molecule has 0 aromatic heterocycles. The van der Waals surface area contributed by atoms with Gasteiger partial charge in [0, 0.05) is 5.56 Å². The topological polar surface area (TPSA) is 55.4 Å². The summed E-state index contributed by atoms with van der Waals surface area (Å²) in [5.74, 6) is -1.32. The van der Waals surface area contributed by atoms with Crippen LogP contribution in [-0.4, -0.2) is 21.5 Å². The van der Waals surface area contributed by atoms with Crippen molar-refractivity contribution in [1.29, 1.82) is 0 Å². The lowest BCUT2D eigenvalue weighted by Gasteiger charge is -2.25. The molecule has 0 amide bonds. The van der Waals surface area contributed by atoms with Crippen LogP contribution in [0.3, 0.4) is 0 Å². The lowest BCUT2D eigenvalue weighted by molar-refractivity contribution is -0.143. The maximum atomic E-state index is 15.2. The van der Waals surface area contributed by atoms with Crippen LogP contribution in [-0.2, 0) is 20.5 Å². The molecule has 0 aliphatic heterocycles. The lowest BCUT2D eigenvalue weighted by Crippen LogP contribution is -2.37. The first-order valence-corrected chi connectivity index (χ1v) is 11.4. The van der Waals surface area contributed by atoms with Gasteiger partial charge in [0.1, 0.15) is 11.6 Å². The predicted octanol–water partition coefficient (Wildman–Crippen LogP) is 5.60. The molecule has 0 saturated carbocycles. The number of esters is 1. The number of hydrogen-bond acceptors (Lipinski definition) is 3. The van der Waals surface area contributed by atoms with E-state index >= 15 is 4.39 Å². The van der Waals surface area contributed by atoms with Gasteiger partial charge >= 0.3 is 5.97 Å². The maximum absolute atomic E-state index is 15.2. The minimum absolute atomic E-state index is 0.170. The van der Waals surface area contributed by atoms with Gasteiger partial charge in [0.05, 0.1) is 34.8 Å². The average molecular weight is 452 g/mol. The van der Waals surface area contributed by atoms with Gasteiger partial charge < -0.3 is 4.74 Å². The van der Waals surface area contributed by atoms with E-state index in [1.807, 2.05) is 0 Å². The van der Waals surface area contributed by atoms with Crippen LogP contribution < -0.4 is 4.72 Å². The summed E-state index contributed by atoms with van der Waals surface area (Å²) in [6, 6.07) is 5.37. The van der Waals surface area contributed by atoms with Gasteiger partial charge in [-0.15, -0.1) is 0 Å². The van der Waals surface area contributed by atoms with E-state index in [0.29, 0.717) is 11.1 Å². The monoisotopic (exact) mass is 451 g/mol. The number of carbonyl (C=O) groups excluding carboxylic acids is 1. The number of benzene rings is 2. The van der Waals surface area contributed by atoms with Crippen LogP contribution in [0, 0.1) is 32.4 Å². The molecular weight excluding hydrogens is 420 g/mol. The number of ether oxygens (including phenoxy) is 1. The summed E-state index contributed by atoms with van der Waals surface area (Å²) < 4.78 is 49.2. The van der Waals surface area contributed by atoms with E-state index in [9.17, 15) is 13.4 Å². The summed E-state index contributed by atoms with van der Waals surface area (Å²) >= 11 is 0. The molecule has 31 heavy (non-hydrogen) atoms. The van der Waals surface area contributed by atoms with Gasteiger partial charge in [-0.2, -0.15) is 0 Å². The molecule has 170 valence electrons. The van der Waals surface area contributed by atoms with Crippen molar-refractivity contribution in [3.8, 4) is 11.1 Å². The Morgan fingerprint density at radius 3 is 2.16 bits per heavy atom. The van der Waals surface area contributed by atoms with Crippen LogP contribution >= 0.6 is 0 Å². The Labute approximate surface area is 186 Å². The zero-order chi connectivity index (χ0) is 23.5. The zero-order valence-corrected chi connectivity index (χ0v) is 20.0. The fraction of sp³-hybridized carbons (Fsp3) is 0.458. The Hall–Kier alpha value is -2.12. The summed E-state index contributed by atoms with van der Waals surface area (Å²) in [7, 11) is -1.54. The third-order valence-electron chi connectivity index (χ3n) is 4.93. The predicted molar refractivity (Wildman–Crippen MR) is 121 cm³/mol. The first kappa shape index (κ1) is 25.1. The molecule has 7 heteroatoms. The highest BCUT2D eigenvalue weighted by atomic mass is 32.2. The fourth-order valence-electron chi connectivity index (χ4n) is 3.47. The minimum atomic E-state index is -1.54. The van der Waals surface area contributed by atoms with Gasteiger partial charge in [0.15, 0.2) is 0 Å². The Bertz CT molecular complexity index is 976. The first-order valence-electron chi connectivity index (χ1n) is 10.3. The smallest absolute Gasteiger partial charge is 0.307 e. The molecule has 0 radical (unpaired) electrons. The summed E-state index contributed by atoms with van der Waals surface area (Å²) in [6.07, 6.45) is -0.170. The van der Waals surface area contributed by atoms with Crippen LogP contribution in [0.2, 0.25) is 0 Å². The largest absolute Gasteiger partial charge is 0.466 e. The Morgan fingerprint density at radius 2 is 1.65 bits per heavy atom. The molecule has 2 atom stereocenters. The molecule has 0 fully saturated rings. The third kappa shape index (κ3) is 6.20. The Balaban J connectivity index is 2.62. The molecule has 2 aromatic rings. The quantitative estimate of drug-likeness (QED) is 0.557. The lowest BCUT2D eigenvalue weighted by atomic mass is 9.90. The molecule has 1 N–H and O–H groups in total. The van der Waals surface area contributed by atoms with E-state index in [-0.39, 0.29) is 24.4 Å². The Kier molecular flexibility index (Phi) is 8.11. The van der Waals surface area contributed by atoms with Gasteiger partial charge in [-0.05, 0) is 101 Å². The van der Waals surface area contributed by atoms with E-state index in [1.165, 1.54) is 12.1 Å². The van der Waals surface area contributed by atoms with Crippen LogP contribution in [0.1, 0.15) is 62.4 Å². The standard InChI is InChI=1S/C24H31F2NO3S/c1-8-30-21(28)13-20(27-31(29)24(5,6)7)19-12-17(9-16(4)23(19)26)22-14(2)10-18(25)11-15(22)3/h9-12,20,27H,8,13H2,1-7H3/t20-,31?/m0/s1. The van der Waals surface area contributed by atoms with E-state index in [4.69, 9.17) is 4.74 Å². The summed E-state index contributed by atoms with van der Waals surface area (Å²) in [6.45, 7) is 12.5. The van der Waals surface area contributed by atoms with Gasteiger partial charge in [-0.1, -0.05) is 0 Å². The number of carbonyl (C=O) groups is 1. The molecular formula is C24H31F2NO3S. The van der Waals surface area contributed by atoms with Crippen molar-refractivity contribution < 1.29 is 22.5 Å². The molecule has 0 spiro atoms. The van der Waals surface area contributed by atoms with Gasteiger partial charge in [0.2, 0.25) is 0 Å². The second-order valence-corrected chi connectivity index (χ2v) is 10.7. The second-order valence-electron chi connectivity index (χ2n) is 8.67. The normalized spacial score (nSPS) is 13.7. The molecule has 4 nitrogen and oxygen atoms in total. The molecule has 0 aliphatic rings. The van der Waals surface area contributed by atoms with Crippen molar-refractivity contribution in [3.63, 3.8) is 0 Å². The summed E-state index contributed by atoms with van der Waals surface area (Å²) in [5, 5.41) is 0. The average Bonchev–Trinajstić information content (AvgIpc) is 2.62. The van der Waals surface area contributed by atoms with Crippen molar-refractivity contribution >= 4 is 17.0 Å². The van der Waals surface area contributed by atoms with Crippen molar-refractivity contribution in [2.45, 2.75) is 65.7 Å². The minimum Gasteiger partial charge on any atom is -0.466 e. The van der Waals surface area contributed by atoms with Crippen LogP contribution in [0.15, 0.2) is 24.3 Å².